The van der Waals surface area contributed by atoms with Crippen LogP contribution in [-0.2, 0) is 6.54 Å². The molecule has 1 aliphatic rings. The van der Waals surface area contributed by atoms with Crippen molar-refractivity contribution in [2.45, 2.75) is 39.8 Å². The number of carbonyl (C=O) groups excluding carboxylic acids is 1. The lowest BCUT2D eigenvalue weighted by molar-refractivity contribution is 0.0738. The van der Waals surface area contributed by atoms with Gasteiger partial charge in [0.25, 0.3) is 5.91 Å². The highest BCUT2D eigenvalue weighted by Gasteiger charge is 2.26. The lowest BCUT2D eigenvalue weighted by atomic mass is 10.2. The molecule has 6 nitrogen and oxygen atoms in total. The first kappa shape index (κ1) is 19.2. The molecule has 1 saturated heterocycles. The van der Waals surface area contributed by atoms with E-state index in [0.717, 1.165) is 36.6 Å². The molecule has 1 amide bonds. The summed E-state index contributed by atoms with van der Waals surface area (Å²) in [4.78, 5) is 25.6. The van der Waals surface area contributed by atoms with Crippen molar-refractivity contribution in [2.75, 3.05) is 24.5 Å². The molecule has 2 N–H and O–H groups in total. The minimum absolute atomic E-state index is 0.118. The van der Waals surface area contributed by atoms with E-state index in [1.165, 1.54) is 6.07 Å². The van der Waals surface area contributed by atoms with Gasteiger partial charge in [-0.15, -0.1) is 0 Å². The van der Waals surface area contributed by atoms with Crippen molar-refractivity contribution in [1.29, 1.82) is 0 Å². The van der Waals surface area contributed by atoms with Gasteiger partial charge < -0.3 is 15.5 Å². The van der Waals surface area contributed by atoms with Gasteiger partial charge in [-0.1, -0.05) is 18.2 Å². The first-order chi connectivity index (χ1) is 12.9. The SMILES string of the molecule is CCN(Cc1ccccc1F)C(=O)c1nc(C)c(C)c(N2CC[C@@H](N)C2)n1. The molecule has 144 valence electrons. The number of hydrogen-bond acceptors (Lipinski definition) is 5. The second-order valence-electron chi connectivity index (χ2n) is 6.99. The Balaban J connectivity index is 1.88. The van der Waals surface area contributed by atoms with Crippen molar-refractivity contribution in [3.8, 4) is 0 Å². The van der Waals surface area contributed by atoms with Gasteiger partial charge in [0.05, 0.1) is 0 Å². The number of amides is 1. The quantitative estimate of drug-likeness (QED) is 0.874. The molecule has 1 aliphatic heterocycles. The number of nitrogens with two attached hydrogens (primary N) is 1. The lowest BCUT2D eigenvalue weighted by Gasteiger charge is -2.23. The van der Waals surface area contributed by atoms with Crippen LogP contribution in [0.5, 0.6) is 0 Å². The number of benzene rings is 1. The maximum Gasteiger partial charge on any atom is 0.292 e. The fourth-order valence-corrected chi connectivity index (χ4v) is 3.30. The van der Waals surface area contributed by atoms with Gasteiger partial charge in [0.2, 0.25) is 5.82 Å². The van der Waals surface area contributed by atoms with Crippen LogP contribution >= 0.6 is 0 Å². The summed E-state index contributed by atoms with van der Waals surface area (Å²) in [6.45, 7) is 7.85. The number of halogens is 1. The summed E-state index contributed by atoms with van der Waals surface area (Å²) in [6.07, 6.45) is 0.903. The number of aryl methyl sites for hydroxylation is 1. The zero-order valence-electron chi connectivity index (χ0n) is 16.1. The summed E-state index contributed by atoms with van der Waals surface area (Å²) in [6, 6.07) is 6.60. The number of rotatable bonds is 5. The van der Waals surface area contributed by atoms with Crippen LogP contribution in [-0.4, -0.2) is 46.5 Å². The Labute approximate surface area is 159 Å². The van der Waals surface area contributed by atoms with E-state index in [9.17, 15) is 9.18 Å². The van der Waals surface area contributed by atoms with Gasteiger partial charge in [0, 0.05) is 49.0 Å². The molecule has 3 rings (SSSR count). The predicted molar refractivity (Wildman–Crippen MR) is 103 cm³/mol. The maximum atomic E-state index is 14.0. The zero-order chi connectivity index (χ0) is 19.6. The van der Waals surface area contributed by atoms with Crippen molar-refractivity contribution >= 4 is 11.7 Å². The van der Waals surface area contributed by atoms with E-state index in [1.807, 2.05) is 20.8 Å². The predicted octanol–water partition coefficient (Wildman–Crippen LogP) is 2.43. The van der Waals surface area contributed by atoms with Crippen LogP contribution in [0, 0.1) is 19.7 Å². The molecule has 1 fully saturated rings. The number of hydrogen-bond donors (Lipinski definition) is 1. The summed E-state index contributed by atoms with van der Waals surface area (Å²) >= 11 is 0. The van der Waals surface area contributed by atoms with Crippen molar-refractivity contribution in [2.24, 2.45) is 5.73 Å². The summed E-state index contributed by atoms with van der Waals surface area (Å²) in [5, 5.41) is 0. The Kier molecular flexibility index (Phi) is 5.70. The molecule has 1 atom stereocenters. The number of anilines is 1. The molecule has 27 heavy (non-hydrogen) atoms. The first-order valence-electron chi connectivity index (χ1n) is 9.29. The van der Waals surface area contributed by atoms with Gasteiger partial charge in [-0.3, -0.25) is 4.79 Å². The molecular formula is C20H26FN5O. The van der Waals surface area contributed by atoms with E-state index < -0.39 is 0 Å². The molecule has 0 bridgehead atoms. The van der Waals surface area contributed by atoms with E-state index in [0.29, 0.717) is 12.1 Å². The molecule has 7 heteroatoms. The van der Waals surface area contributed by atoms with Crippen LogP contribution in [0.1, 0.15) is 40.8 Å². The monoisotopic (exact) mass is 371 g/mol. The Morgan fingerprint density at radius 2 is 2.07 bits per heavy atom. The average molecular weight is 371 g/mol. The van der Waals surface area contributed by atoms with Crippen molar-refractivity contribution in [1.82, 2.24) is 14.9 Å². The Bertz CT molecular complexity index is 841. The number of aromatic nitrogens is 2. The molecule has 1 aromatic heterocycles. The molecule has 0 aliphatic carbocycles. The second-order valence-corrected chi connectivity index (χ2v) is 6.99. The maximum absolute atomic E-state index is 14.0. The zero-order valence-corrected chi connectivity index (χ0v) is 16.1. The summed E-state index contributed by atoms with van der Waals surface area (Å²) in [5.74, 6) is 0.289. The molecule has 0 radical (unpaired) electrons. The molecule has 2 heterocycles. The van der Waals surface area contributed by atoms with Gasteiger partial charge in [-0.2, -0.15) is 0 Å². The first-order valence-corrected chi connectivity index (χ1v) is 9.29. The lowest BCUT2D eigenvalue weighted by Crippen LogP contribution is -2.33. The van der Waals surface area contributed by atoms with E-state index >= 15 is 0 Å². The molecule has 0 saturated carbocycles. The molecule has 1 aromatic carbocycles. The van der Waals surface area contributed by atoms with Crippen LogP contribution in [0.4, 0.5) is 10.2 Å². The molecule has 0 spiro atoms. The smallest absolute Gasteiger partial charge is 0.292 e. The Morgan fingerprint density at radius 1 is 1.33 bits per heavy atom. The topological polar surface area (TPSA) is 75.4 Å². The average Bonchev–Trinajstić information content (AvgIpc) is 3.08. The van der Waals surface area contributed by atoms with Gasteiger partial charge >= 0.3 is 0 Å². The van der Waals surface area contributed by atoms with Gasteiger partial charge in [0.15, 0.2) is 0 Å². The summed E-state index contributed by atoms with van der Waals surface area (Å²) in [5.41, 5.74) is 8.22. The van der Waals surface area contributed by atoms with Gasteiger partial charge in [0.1, 0.15) is 11.6 Å². The van der Waals surface area contributed by atoms with E-state index in [2.05, 4.69) is 14.9 Å². The third-order valence-corrected chi connectivity index (χ3v) is 5.07. The summed E-state index contributed by atoms with van der Waals surface area (Å²) < 4.78 is 14.0. The third kappa shape index (κ3) is 4.08. The number of nitrogens with zero attached hydrogens (tertiary/aromatic N) is 4. The van der Waals surface area contributed by atoms with Gasteiger partial charge in [-0.25, -0.2) is 14.4 Å². The normalized spacial score (nSPS) is 16.6. The van der Waals surface area contributed by atoms with Crippen LogP contribution in [0.15, 0.2) is 24.3 Å². The molecule has 2 aromatic rings. The highest BCUT2D eigenvalue weighted by molar-refractivity contribution is 5.91. The Hall–Kier alpha value is -2.54. The largest absolute Gasteiger partial charge is 0.355 e. The fourth-order valence-electron chi connectivity index (χ4n) is 3.30. The van der Waals surface area contributed by atoms with Crippen molar-refractivity contribution < 1.29 is 9.18 Å². The van der Waals surface area contributed by atoms with Crippen LogP contribution < -0.4 is 10.6 Å². The van der Waals surface area contributed by atoms with Crippen LogP contribution in [0.3, 0.4) is 0 Å². The minimum Gasteiger partial charge on any atom is -0.355 e. The molecular weight excluding hydrogens is 345 g/mol. The third-order valence-electron chi connectivity index (χ3n) is 5.07. The Morgan fingerprint density at radius 3 is 2.70 bits per heavy atom. The molecule has 0 unspecified atom stereocenters. The fraction of sp³-hybridized carbons (Fsp3) is 0.450. The van der Waals surface area contributed by atoms with Crippen molar-refractivity contribution in [3.05, 3.63) is 52.7 Å². The highest BCUT2D eigenvalue weighted by atomic mass is 19.1. The standard InChI is InChI=1S/C20H26FN5O/c1-4-25(11-15-7-5-6-8-17(15)21)20(27)18-23-14(3)13(2)19(24-18)26-10-9-16(22)12-26/h5-8,16H,4,9-12,22H2,1-3H3/t16-/m1/s1. The minimum atomic E-state index is -0.323. The van der Waals surface area contributed by atoms with E-state index in [4.69, 9.17) is 5.73 Å². The van der Waals surface area contributed by atoms with E-state index in [1.54, 1.807) is 23.1 Å². The second kappa shape index (κ2) is 8.00. The van der Waals surface area contributed by atoms with Crippen LogP contribution in [0.2, 0.25) is 0 Å². The van der Waals surface area contributed by atoms with Crippen molar-refractivity contribution in [3.63, 3.8) is 0 Å². The van der Waals surface area contributed by atoms with E-state index in [-0.39, 0.29) is 30.1 Å². The highest BCUT2D eigenvalue weighted by Crippen LogP contribution is 2.24. The van der Waals surface area contributed by atoms with Gasteiger partial charge in [-0.05, 0) is 33.3 Å². The summed E-state index contributed by atoms with van der Waals surface area (Å²) in [7, 11) is 0. The number of carbonyl (C=O) groups is 1. The van der Waals surface area contributed by atoms with Crippen LogP contribution in [0.25, 0.3) is 0 Å².